The molecule has 0 bridgehead atoms. The second-order valence-corrected chi connectivity index (χ2v) is 5.70. The van der Waals surface area contributed by atoms with E-state index in [-0.39, 0.29) is 5.91 Å². The maximum atomic E-state index is 12.1. The SMILES string of the molecule is O=C(NCc1cncc(-c2cncnc2)c1)c1cncc(Br)c1. The molecule has 0 unspecified atom stereocenters. The summed E-state index contributed by atoms with van der Waals surface area (Å²) in [5, 5.41) is 2.85. The van der Waals surface area contributed by atoms with Gasteiger partial charge in [-0.05, 0) is 33.6 Å². The predicted molar refractivity (Wildman–Crippen MR) is 88.4 cm³/mol. The number of aromatic nitrogens is 4. The van der Waals surface area contributed by atoms with Gasteiger partial charge in [0.25, 0.3) is 5.91 Å². The van der Waals surface area contributed by atoms with E-state index in [2.05, 4.69) is 41.2 Å². The standard InChI is InChI=1S/C16H12BrN5O/c17-15-2-13(6-19-9-15)16(23)22-4-11-1-12(5-18-3-11)14-7-20-10-21-8-14/h1-3,5-10H,4H2,(H,22,23). The Morgan fingerprint density at radius 1 is 0.913 bits per heavy atom. The number of rotatable bonds is 4. The summed E-state index contributed by atoms with van der Waals surface area (Å²) in [5.74, 6) is -0.188. The van der Waals surface area contributed by atoms with Gasteiger partial charge in [0.2, 0.25) is 0 Å². The highest BCUT2D eigenvalue weighted by Crippen LogP contribution is 2.17. The number of amides is 1. The Balaban J connectivity index is 1.70. The van der Waals surface area contributed by atoms with Crippen LogP contribution in [-0.4, -0.2) is 25.8 Å². The molecule has 7 heteroatoms. The first-order valence-electron chi connectivity index (χ1n) is 6.80. The van der Waals surface area contributed by atoms with Gasteiger partial charge < -0.3 is 5.32 Å². The molecular weight excluding hydrogens is 358 g/mol. The number of carbonyl (C=O) groups is 1. The lowest BCUT2D eigenvalue weighted by molar-refractivity contribution is 0.0950. The Kier molecular flexibility index (Phi) is 4.68. The molecule has 1 amide bonds. The minimum absolute atomic E-state index is 0.188. The first kappa shape index (κ1) is 15.2. The quantitative estimate of drug-likeness (QED) is 0.764. The summed E-state index contributed by atoms with van der Waals surface area (Å²) in [7, 11) is 0. The Morgan fingerprint density at radius 2 is 1.65 bits per heavy atom. The molecule has 0 saturated carbocycles. The third-order valence-electron chi connectivity index (χ3n) is 3.11. The van der Waals surface area contributed by atoms with Crippen molar-refractivity contribution in [2.45, 2.75) is 6.54 Å². The van der Waals surface area contributed by atoms with E-state index in [1.807, 2.05) is 6.07 Å². The van der Waals surface area contributed by atoms with Crippen molar-refractivity contribution in [3.63, 3.8) is 0 Å². The van der Waals surface area contributed by atoms with Gasteiger partial charge in [-0.25, -0.2) is 9.97 Å². The molecule has 0 radical (unpaired) electrons. The van der Waals surface area contributed by atoms with E-state index in [0.717, 1.165) is 21.2 Å². The fraction of sp³-hybridized carbons (Fsp3) is 0.0625. The van der Waals surface area contributed by atoms with E-state index in [4.69, 9.17) is 0 Å². The number of carbonyl (C=O) groups excluding carboxylic acids is 1. The molecule has 0 aliphatic rings. The highest BCUT2D eigenvalue weighted by Gasteiger charge is 2.07. The monoisotopic (exact) mass is 369 g/mol. The minimum Gasteiger partial charge on any atom is -0.348 e. The average Bonchev–Trinajstić information content (AvgIpc) is 2.61. The zero-order valence-corrected chi connectivity index (χ0v) is 13.6. The Bertz CT molecular complexity index is 825. The van der Waals surface area contributed by atoms with E-state index in [0.29, 0.717) is 12.1 Å². The van der Waals surface area contributed by atoms with Gasteiger partial charge >= 0.3 is 0 Å². The fourth-order valence-electron chi connectivity index (χ4n) is 2.01. The molecule has 0 aliphatic carbocycles. The van der Waals surface area contributed by atoms with Crippen LogP contribution in [0.2, 0.25) is 0 Å². The summed E-state index contributed by atoms with van der Waals surface area (Å²) in [4.78, 5) is 28.3. The molecule has 3 rings (SSSR count). The predicted octanol–water partition coefficient (Wildman–Crippen LogP) is 2.63. The largest absolute Gasteiger partial charge is 0.348 e. The third kappa shape index (κ3) is 3.95. The third-order valence-corrected chi connectivity index (χ3v) is 3.54. The first-order valence-corrected chi connectivity index (χ1v) is 7.60. The topological polar surface area (TPSA) is 80.7 Å². The van der Waals surface area contributed by atoms with Crippen molar-refractivity contribution < 1.29 is 4.79 Å². The number of hydrogen-bond acceptors (Lipinski definition) is 5. The fourth-order valence-corrected chi connectivity index (χ4v) is 2.38. The molecule has 0 spiro atoms. The smallest absolute Gasteiger partial charge is 0.253 e. The molecule has 3 aromatic rings. The van der Waals surface area contributed by atoms with Gasteiger partial charge in [0.1, 0.15) is 6.33 Å². The average molecular weight is 370 g/mol. The van der Waals surface area contributed by atoms with Crippen LogP contribution in [0.25, 0.3) is 11.1 Å². The van der Waals surface area contributed by atoms with Crippen LogP contribution >= 0.6 is 15.9 Å². The molecule has 0 saturated heterocycles. The van der Waals surface area contributed by atoms with Crippen molar-refractivity contribution in [1.82, 2.24) is 25.3 Å². The number of hydrogen-bond donors (Lipinski definition) is 1. The second kappa shape index (κ2) is 7.06. The van der Waals surface area contributed by atoms with Crippen molar-refractivity contribution in [1.29, 1.82) is 0 Å². The number of nitrogens with zero attached hydrogens (tertiary/aromatic N) is 4. The summed E-state index contributed by atoms with van der Waals surface area (Å²) in [6.07, 6.45) is 11.5. The number of nitrogens with one attached hydrogen (secondary N) is 1. The number of halogens is 1. The summed E-state index contributed by atoms with van der Waals surface area (Å²) >= 11 is 3.30. The lowest BCUT2D eigenvalue weighted by Crippen LogP contribution is -2.23. The van der Waals surface area contributed by atoms with E-state index in [1.165, 1.54) is 12.5 Å². The van der Waals surface area contributed by atoms with Crippen LogP contribution in [0.5, 0.6) is 0 Å². The lowest BCUT2D eigenvalue weighted by Gasteiger charge is -2.07. The number of pyridine rings is 2. The highest BCUT2D eigenvalue weighted by atomic mass is 79.9. The first-order chi connectivity index (χ1) is 11.2. The van der Waals surface area contributed by atoms with Crippen LogP contribution in [0.3, 0.4) is 0 Å². The zero-order chi connectivity index (χ0) is 16.1. The lowest BCUT2D eigenvalue weighted by atomic mass is 10.1. The van der Waals surface area contributed by atoms with Crippen LogP contribution < -0.4 is 5.32 Å². The van der Waals surface area contributed by atoms with Crippen LogP contribution in [0.1, 0.15) is 15.9 Å². The van der Waals surface area contributed by atoms with Crippen LogP contribution in [0.15, 0.2) is 60.1 Å². The van der Waals surface area contributed by atoms with Gasteiger partial charge in [-0.1, -0.05) is 0 Å². The van der Waals surface area contributed by atoms with E-state index in [9.17, 15) is 4.79 Å². The molecule has 0 atom stereocenters. The molecule has 6 nitrogen and oxygen atoms in total. The molecule has 0 fully saturated rings. The second-order valence-electron chi connectivity index (χ2n) is 4.78. The minimum atomic E-state index is -0.188. The molecule has 114 valence electrons. The molecule has 23 heavy (non-hydrogen) atoms. The zero-order valence-electron chi connectivity index (χ0n) is 12.0. The Labute approximate surface area is 141 Å². The van der Waals surface area contributed by atoms with Crippen molar-refractivity contribution in [2.75, 3.05) is 0 Å². The molecule has 3 aromatic heterocycles. The molecular formula is C16H12BrN5O. The van der Waals surface area contributed by atoms with Crippen LogP contribution in [0, 0.1) is 0 Å². The summed E-state index contributed by atoms with van der Waals surface area (Å²) < 4.78 is 0.762. The van der Waals surface area contributed by atoms with Gasteiger partial charge in [0, 0.05) is 59.3 Å². The van der Waals surface area contributed by atoms with Crippen molar-refractivity contribution in [3.8, 4) is 11.1 Å². The highest BCUT2D eigenvalue weighted by molar-refractivity contribution is 9.10. The van der Waals surface area contributed by atoms with Crippen molar-refractivity contribution in [3.05, 3.63) is 71.2 Å². The van der Waals surface area contributed by atoms with E-state index < -0.39 is 0 Å². The molecule has 1 N–H and O–H groups in total. The van der Waals surface area contributed by atoms with Gasteiger partial charge in [-0.2, -0.15) is 0 Å². The van der Waals surface area contributed by atoms with Gasteiger partial charge in [0.05, 0.1) is 5.56 Å². The van der Waals surface area contributed by atoms with Crippen LogP contribution in [0.4, 0.5) is 0 Å². The van der Waals surface area contributed by atoms with E-state index in [1.54, 1.807) is 37.1 Å². The molecule has 0 aromatic carbocycles. The van der Waals surface area contributed by atoms with E-state index >= 15 is 0 Å². The van der Waals surface area contributed by atoms with Crippen LogP contribution in [-0.2, 0) is 6.54 Å². The maximum Gasteiger partial charge on any atom is 0.253 e. The normalized spacial score (nSPS) is 10.3. The Hall–Kier alpha value is -2.67. The van der Waals surface area contributed by atoms with Gasteiger partial charge in [-0.3, -0.25) is 14.8 Å². The van der Waals surface area contributed by atoms with Gasteiger partial charge in [0.15, 0.2) is 0 Å². The summed E-state index contributed by atoms with van der Waals surface area (Å²) in [5.41, 5.74) is 3.17. The van der Waals surface area contributed by atoms with Crippen molar-refractivity contribution >= 4 is 21.8 Å². The summed E-state index contributed by atoms with van der Waals surface area (Å²) in [6.45, 7) is 0.375. The Morgan fingerprint density at radius 3 is 2.43 bits per heavy atom. The van der Waals surface area contributed by atoms with Gasteiger partial charge in [-0.15, -0.1) is 0 Å². The maximum absolute atomic E-state index is 12.1. The molecule has 3 heterocycles. The summed E-state index contributed by atoms with van der Waals surface area (Å²) in [6, 6.07) is 3.67. The van der Waals surface area contributed by atoms with Crippen molar-refractivity contribution in [2.24, 2.45) is 0 Å². The molecule has 0 aliphatic heterocycles.